The van der Waals surface area contributed by atoms with Gasteiger partial charge in [0.2, 0.25) is 0 Å². The summed E-state index contributed by atoms with van der Waals surface area (Å²) in [5.74, 6) is 2.07. The molecule has 2 aromatic heterocycles. The molecule has 324 valence electrons. The van der Waals surface area contributed by atoms with Gasteiger partial charge in [-0.15, -0.1) is 53.6 Å². The van der Waals surface area contributed by atoms with Crippen LogP contribution in [0.25, 0.3) is 27.6 Å². The average Bonchev–Trinajstić information content (AvgIpc) is 3.79. The number of rotatable bonds is 7. The zero-order valence-electron chi connectivity index (χ0n) is 38.4. The number of aromatic nitrogens is 2. The summed E-state index contributed by atoms with van der Waals surface area (Å²) in [5.41, 5.74) is 12.0. The zero-order chi connectivity index (χ0) is 43.8. The van der Waals surface area contributed by atoms with E-state index in [1.54, 1.807) is 0 Å². The van der Waals surface area contributed by atoms with Gasteiger partial charge in [0.1, 0.15) is 5.82 Å². The van der Waals surface area contributed by atoms with E-state index in [0.717, 1.165) is 50.6 Å². The Morgan fingerprint density at radius 1 is 0.508 bits per heavy atom. The standard InChI is InChI=1S/C57H57N4O.Pt/c1-54(2,3)38-21-24-43(25-22-38)59-37-60(51-20-16-15-19-50(51)59)44-31-42(57(10,11)39-17-13-12-14-18-39)32-46(35-44)62-45-26-27-47-48-33-40(55(4,5)6)23-28-49(48)61(52(47)36-45)53-34-41(29-30-58-53)56(7,8)9;/h12-34,37H,1-11H3;/q-3;. The second-order valence-electron chi connectivity index (χ2n) is 20.4. The molecule has 1 aliphatic rings. The smallest absolute Gasteiger partial charge is 0.135 e. The van der Waals surface area contributed by atoms with Gasteiger partial charge in [-0.2, -0.15) is 6.07 Å². The van der Waals surface area contributed by atoms with Crippen LogP contribution in [-0.2, 0) is 42.7 Å². The molecule has 0 amide bonds. The van der Waals surface area contributed by atoms with Crippen LogP contribution in [-0.4, -0.2) is 9.55 Å². The van der Waals surface area contributed by atoms with Crippen molar-refractivity contribution >= 4 is 44.6 Å². The summed E-state index contributed by atoms with van der Waals surface area (Å²) < 4.78 is 9.18. The molecule has 0 spiro atoms. The maximum Gasteiger partial charge on any atom is 0.135 e. The fraction of sp³-hybridized carbons (Fsp3) is 0.263. The minimum Gasteiger partial charge on any atom is -0.509 e. The van der Waals surface area contributed by atoms with Gasteiger partial charge in [0.15, 0.2) is 0 Å². The fourth-order valence-corrected chi connectivity index (χ4v) is 8.54. The predicted molar refractivity (Wildman–Crippen MR) is 259 cm³/mol. The summed E-state index contributed by atoms with van der Waals surface area (Å²) in [4.78, 5) is 9.44. The Hall–Kier alpha value is -5.64. The SMILES string of the molecule is CC(C)(C)c1ccc(N2[CH-]N(c3[c-]c(Oc4[c-]c5c(cc4)c4cc(C(C)(C)C)ccc4n5-c4cc(C(C)(C)C)ccn4)cc(C(C)(C)c4ccccc4)c3)c3ccccc32)cc1.[Pt]. The normalized spacial score (nSPS) is 13.4. The summed E-state index contributed by atoms with van der Waals surface area (Å²) in [5, 5.41) is 2.27. The Kier molecular flexibility index (Phi) is 11.3. The number of hydrogen-bond acceptors (Lipinski definition) is 4. The summed E-state index contributed by atoms with van der Waals surface area (Å²) in [6, 6.07) is 55.3. The molecule has 0 bridgehead atoms. The summed E-state index contributed by atoms with van der Waals surface area (Å²) in [7, 11) is 0. The molecule has 1 aliphatic heterocycles. The average molecular weight is 1010 g/mol. The molecule has 6 heteroatoms. The van der Waals surface area contributed by atoms with Gasteiger partial charge in [-0.3, -0.25) is 0 Å². The summed E-state index contributed by atoms with van der Waals surface area (Å²) >= 11 is 0. The number of para-hydroxylation sites is 2. The molecule has 3 heterocycles. The van der Waals surface area contributed by atoms with Crippen molar-refractivity contribution in [3.05, 3.63) is 186 Å². The van der Waals surface area contributed by atoms with E-state index in [1.165, 1.54) is 27.6 Å². The van der Waals surface area contributed by atoms with E-state index < -0.39 is 0 Å². The number of hydrogen-bond donors (Lipinski definition) is 0. The van der Waals surface area contributed by atoms with Crippen molar-refractivity contribution in [2.75, 3.05) is 9.80 Å². The molecular formula is C57H57N4OPt-3. The van der Waals surface area contributed by atoms with Crippen LogP contribution in [0, 0.1) is 18.8 Å². The minimum absolute atomic E-state index is 0. The number of fused-ring (bicyclic) bond motifs is 4. The molecule has 0 saturated heterocycles. The first-order chi connectivity index (χ1) is 29.4. The number of pyridine rings is 1. The van der Waals surface area contributed by atoms with Crippen LogP contribution in [0.5, 0.6) is 11.5 Å². The first-order valence-electron chi connectivity index (χ1n) is 21.8. The topological polar surface area (TPSA) is 33.5 Å². The van der Waals surface area contributed by atoms with Gasteiger partial charge in [0.25, 0.3) is 0 Å². The molecule has 0 fully saturated rings. The Bertz CT molecular complexity index is 2940. The molecule has 8 aromatic rings. The van der Waals surface area contributed by atoms with E-state index >= 15 is 0 Å². The summed E-state index contributed by atoms with van der Waals surface area (Å²) in [6.45, 7) is 27.0. The third-order valence-corrected chi connectivity index (χ3v) is 12.5. The maximum absolute atomic E-state index is 6.95. The fourth-order valence-electron chi connectivity index (χ4n) is 8.54. The van der Waals surface area contributed by atoms with Crippen molar-refractivity contribution in [3.8, 4) is 17.3 Å². The molecule has 0 unspecified atom stereocenters. The molecule has 0 atom stereocenters. The number of ether oxygens (including phenoxy) is 1. The van der Waals surface area contributed by atoms with Gasteiger partial charge in [0.05, 0.1) is 0 Å². The van der Waals surface area contributed by atoms with Gasteiger partial charge in [-0.05, 0) is 91.8 Å². The van der Waals surface area contributed by atoms with Crippen molar-refractivity contribution in [1.82, 2.24) is 9.55 Å². The minimum atomic E-state index is -0.348. The van der Waals surface area contributed by atoms with Crippen LogP contribution < -0.4 is 14.5 Å². The number of nitrogens with zero attached hydrogens (tertiary/aromatic N) is 4. The van der Waals surface area contributed by atoms with Crippen LogP contribution in [0.1, 0.15) is 104 Å². The Morgan fingerprint density at radius 3 is 1.79 bits per heavy atom. The van der Waals surface area contributed by atoms with E-state index in [9.17, 15) is 0 Å². The van der Waals surface area contributed by atoms with Crippen LogP contribution >= 0.6 is 0 Å². The van der Waals surface area contributed by atoms with Crippen LogP contribution in [0.3, 0.4) is 0 Å². The maximum atomic E-state index is 6.95. The third-order valence-electron chi connectivity index (χ3n) is 12.5. The van der Waals surface area contributed by atoms with Gasteiger partial charge in [0, 0.05) is 61.3 Å². The molecule has 9 rings (SSSR count). The van der Waals surface area contributed by atoms with Gasteiger partial charge in [-0.1, -0.05) is 148 Å². The molecule has 6 aromatic carbocycles. The molecule has 63 heavy (non-hydrogen) atoms. The molecule has 0 saturated carbocycles. The van der Waals surface area contributed by atoms with Crippen LogP contribution in [0.4, 0.5) is 22.7 Å². The van der Waals surface area contributed by atoms with Crippen molar-refractivity contribution in [2.24, 2.45) is 0 Å². The van der Waals surface area contributed by atoms with Gasteiger partial charge < -0.3 is 19.1 Å². The van der Waals surface area contributed by atoms with Crippen molar-refractivity contribution in [2.45, 2.75) is 97.8 Å². The Balaban J connectivity index is 0.00000544. The first kappa shape index (κ1) is 44.0. The molecule has 0 radical (unpaired) electrons. The van der Waals surface area contributed by atoms with E-state index in [1.807, 2.05) is 12.3 Å². The molecular weight excluding hydrogens is 952 g/mol. The molecule has 5 nitrogen and oxygen atoms in total. The number of benzene rings is 6. The van der Waals surface area contributed by atoms with E-state index in [-0.39, 0.29) is 42.7 Å². The van der Waals surface area contributed by atoms with Crippen molar-refractivity contribution < 1.29 is 25.8 Å². The Morgan fingerprint density at radius 2 is 1.13 bits per heavy atom. The van der Waals surface area contributed by atoms with Crippen LogP contribution in [0.15, 0.2) is 140 Å². The van der Waals surface area contributed by atoms with E-state index in [2.05, 4.69) is 237 Å². The number of anilines is 4. The van der Waals surface area contributed by atoms with E-state index in [4.69, 9.17) is 9.72 Å². The molecule has 0 aliphatic carbocycles. The van der Waals surface area contributed by atoms with Crippen molar-refractivity contribution in [1.29, 1.82) is 0 Å². The second kappa shape index (κ2) is 16.2. The third kappa shape index (κ3) is 8.33. The zero-order valence-corrected chi connectivity index (χ0v) is 40.6. The Labute approximate surface area is 389 Å². The van der Waals surface area contributed by atoms with E-state index in [0.29, 0.717) is 11.5 Å². The van der Waals surface area contributed by atoms with Gasteiger partial charge in [-0.25, -0.2) is 4.98 Å². The first-order valence-corrected chi connectivity index (χ1v) is 21.8. The van der Waals surface area contributed by atoms with Crippen molar-refractivity contribution in [3.63, 3.8) is 0 Å². The quantitative estimate of drug-likeness (QED) is 0.149. The molecule has 0 N–H and O–H groups in total. The second-order valence-corrected chi connectivity index (χ2v) is 20.4. The largest absolute Gasteiger partial charge is 0.509 e. The monoisotopic (exact) mass is 1010 g/mol. The predicted octanol–water partition coefficient (Wildman–Crippen LogP) is 15.2. The van der Waals surface area contributed by atoms with Crippen LogP contribution in [0.2, 0.25) is 0 Å². The summed E-state index contributed by atoms with van der Waals surface area (Å²) in [6.07, 6.45) is 1.92. The van der Waals surface area contributed by atoms with Gasteiger partial charge >= 0.3 is 0 Å².